The number of hydrogen-bond acceptors (Lipinski definition) is 6. The molecule has 8 nitrogen and oxygen atoms in total. The van der Waals surface area contributed by atoms with Crippen LogP contribution in [0.2, 0.25) is 0 Å². The van der Waals surface area contributed by atoms with Gasteiger partial charge in [-0.2, -0.15) is 0 Å². The number of aromatic nitrogens is 2. The van der Waals surface area contributed by atoms with Crippen molar-refractivity contribution in [1.29, 1.82) is 0 Å². The Hall–Kier alpha value is -3.16. The molecule has 2 heterocycles. The molecule has 0 bridgehead atoms. The molecule has 1 aromatic carbocycles. The third kappa shape index (κ3) is 4.93. The van der Waals surface area contributed by atoms with Gasteiger partial charge in [-0.05, 0) is 43.5 Å². The quantitative estimate of drug-likeness (QED) is 0.802. The first kappa shape index (κ1) is 18.6. The summed E-state index contributed by atoms with van der Waals surface area (Å²) in [6, 6.07) is 5.11. The largest absolute Gasteiger partial charge is 0.482 e. The zero-order valence-corrected chi connectivity index (χ0v) is 15.1. The van der Waals surface area contributed by atoms with Crippen LogP contribution in [0.1, 0.15) is 18.4 Å². The highest BCUT2D eigenvalue weighted by Crippen LogP contribution is 2.25. The van der Waals surface area contributed by atoms with Crippen LogP contribution in [0.15, 0.2) is 36.8 Å². The summed E-state index contributed by atoms with van der Waals surface area (Å²) >= 11 is 0. The van der Waals surface area contributed by atoms with Crippen molar-refractivity contribution in [3.63, 3.8) is 0 Å². The summed E-state index contributed by atoms with van der Waals surface area (Å²) < 4.78 is 5.15. The Morgan fingerprint density at radius 2 is 2.07 bits per heavy atom. The number of carbonyl (C=O) groups is 2. The highest BCUT2D eigenvalue weighted by atomic mass is 16.5. The molecule has 1 amide bonds. The number of amides is 1. The van der Waals surface area contributed by atoms with Gasteiger partial charge in [0, 0.05) is 37.1 Å². The number of benzene rings is 1. The predicted octanol–water partition coefficient (Wildman–Crippen LogP) is 2.10. The number of anilines is 2. The second kappa shape index (κ2) is 8.48. The molecule has 2 aromatic rings. The number of aryl methyl sites for hydroxylation is 1. The molecule has 0 atom stereocenters. The molecular weight excluding hydrogens is 348 g/mol. The second-order valence-electron chi connectivity index (χ2n) is 6.47. The van der Waals surface area contributed by atoms with Gasteiger partial charge in [0.05, 0.1) is 6.20 Å². The Labute approximate surface area is 157 Å². The van der Waals surface area contributed by atoms with E-state index in [1.807, 2.05) is 6.92 Å². The molecule has 1 aliphatic heterocycles. The minimum absolute atomic E-state index is 0.00361. The Kier molecular flexibility index (Phi) is 5.85. The summed E-state index contributed by atoms with van der Waals surface area (Å²) in [6.07, 6.45) is 6.55. The van der Waals surface area contributed by atoms with Crippen molar-refractivity contribution in [2.24, 2.45) is 5.92 Å². The Bertz CT molecular complexity index is 805. The van der Waals surface area contributed by atoms with E-state index in [2.05, 4.69) is 20.2 Å². The van der Waals surface area contributed by atoms with Gasteiger partial charge in [-0.25, -0.2) is 9.78 Å². The molecule has 0 radical (unpaired) electrons. The molecule has 3 rings (SSSR count). The van der Waals surface area contributed by atoms with E-state index >= 15 is 0 Å². The molecule has 1 saturated heterocycles. The normalized spacial score (nSPS) is 14.6. The molecule has 1 aliphatic rings. The summed E-state index contributed by atoms with van der Waals surface area (Å²) in [7, 11) is 0. The first-order valence-corrected chi connectivity index (χ1v) is 8.80. The lowest BCUT2D eigenvalue weighted by atomic mass is 9.95. The van der Waals surface area contributed by atoms with Gasteiger partial charge in [-0.3, -0.25) is 9.78 Å². The van der Waals surface area contributed by atoms with E-state index in [0.29, 0.717) is 11.4 Å². The number of nitrogens with one attached hydrogen (secondary N) is 1. The number of rotatable bonds is 6. The number of aliphatic carboxylic acids is 1. The standard InChI is InChI=1S/C19H22N4O4/c1-13-10-15(27-12-18(24)25)2-3-16(13)22-19(26)14-4-8-23(9-5-14)17-11-20-6-7-21-17/h2-3,6-7,10-11,14H,4-5,8-9,12H2,1H3,(H,22,26)(H,24,25). The first-order valence-electron chi connectivity index (χ1n) is 8.80. The van der Waals surface area contributed by atoms with Crippen LogP contribution in [0.4, 0.5) is 11.5 Å². The fraction of sp³-hybridized carbons (Fsp3) is 0.368. The zero-order valence-electron chi connectivity index (χ0n) is 15.1. The Morgan fingerprint density at radius 3 is 2.70 bits per heavy atom. The highest BCUT2D eigenvalue weighted by molar-refractivity contribution is 5.93. The number of carbonyl (C=O) groups excluding carboxylic acids is 1. The summed E-state index contributed by atoms with van der Waals surface area (Å²) in [5.74, 6) is 0.212. The van der Waals surface area contributed by atoms with E-state index in [4.69, 9.17) is 9.84 Å². The van der Waals surface area contributed by atoms with Crippen molar-refractivity contribution in [1.82, 2.24) is 9.97 Å². The van der Waals surface area contributed by atoms with Gasteiger partial charge in [0.15, 0.2) is 6.61 Å². The zero-order chi connectivity index (χ0) is 19.2. The highest BCUT2D eigenvalue weighted by Gasteiger charge is 2.26. The van der Waals surface area contributed by atoms with E-state index < -0.39 is 12.6 Å². The van der Waals surface area contributed by atoms with Crippen LogP contribution in [0.25, 0.3) is 0 Å². The molecule has 2 N–H and O–H groups in total. The average molecular weight is 370 g/mol. The van der Waals surface area contributed by atoms with Gasteiger partial charge in [0.25, 0.3) is 0 Å². The molecule has 0 aliphatic carbocycles. The molecular formula is C19H22N4O4. The van der Waals surface area contributed by atoms with Crippen molar-refractivity contribution in [3.8, 4) is 5.75 Å². The van der Waals surface area contributed by atoms with Crippen LogP contribution in [-0.4, -0.2) is 46.6 Å². The third-order valence-electron chi connectivity index (χ3n) is 4.56. The summed E-state index contributed by atoms with van der Waals surface area (Å²) in [4.78, 5) is 33.7. The van der Waals surface area contributed by atoms with E-state index in [9.17, 15) is 9.59 Å². The molecule has 0 saturated carbocycles. The number of carboxylic acids is 1. The summed E-state index contributed by atoms with van der Waals surface area (Å²) in [6.45, 7) is 2.98. The van der Waals surface area contributed by atoms with Crippen molar-refractivity contribution < 1.29 is 19.4 Å². The van der Waals surface area contributed by atoms with Crippen LogP contribution >= 0.6 is 0 Å². The van der Waals surface area contributed by atoms with Crippen molar-refractivity contribution in [3.05, 3.63) is 42.4 Å². The van der Waals surface area contributed by atoms with Crippen LogP contribution in [-0.2, 0) is 9.59 Å². The molecule has 0 spiro atoms. The lowest BCUT2D eigenvalue weighted by Crippen LogP contribution is -2.38. The predicted molar refractivity (Wildman–Crippen MR) is 99.9 cm³/mol. The number of carboxylic acid groups (broad SMARTS) is 1. The topological polar surface area (TPSA) is 105 Å². The first-order chi connectivity index (χ1) is 13.0. The van der Waals surface area contributed by atoms with Gasteiger partial charge >= 0.3 is 5.97 Å². The van der Waals surface area contributed by atoms with Gasteiger partial charge in [-0.1, -0.05) is 0 Å². The maximum absolute atomic E-state index is 12.6. The van der Waals surface area contributed by atoms with E-state index in [1.165, 1.54) is 0 Å². The number of ether oxygens (including phenoxy) is 1. The molecule has 27 heavy (non-hydrogen) atoms. The number of nitrogens with zero attached hydrogens (tertiary/aromatic N) is 3. The maximum Gasteiger partial charge on any atom is 0.341 e. The van der Waals surface area contributed by atoms with Crippen LogP contribution in [0, 0.1) is 12.8 Å². The maximum atomic E-state index is 12.6. The van der Waals surface area contributed by atoms with E-state index in [0.717, 1.165) is 37.3 Å². The van der Waals surface area contributed by atoms with Crippen molar-refractivity contribution in [2.45, 2.75) is 19.8 Å². The van der Waals surface area contributed by atoms with Crippen molar-refractivity contribution >= 4 is 23.4 Å². The monoisotopic (exact) mass is 370 g/mol. The lowest BCUT2D eigenvalue weighted by Gasteiger charge is -2.31. The van der Waals surface area contributed by atoms with E-state index in [-0.39, 0.29) is 11.8 Å². The minimum Gasteiger partial charge on any atom is -0.482 e. The van der Waals surface area contributed by atoms with E-state index in [1.54, 1.807) is 36.8 Å². The van der Waals surface area contributed by atoms with Crippen molar-refractivity contribution in [2.75, 3.05) is 29.9 Å². The molecule has 142 valence electrons. The van der Waals surface area contributed by atoms with Gasteiger partial charge in [-0.15, -0.1) is 0 Å². The average Bonchev–Trinajstić information content (AvgIpc) is 2.69. The Balaban J connectivity index is 1.54. The molecule has 1 fully saturated rings. The number of hydrogen-bond donors (Lipinski definition) is 2. The smallest absolute Gasteiger partial charge is 0.341 e. The SMILES string of the molecule is Cc1cc(OCC(=O)O)ccc1NC(=O)C1CCN(c2cnccn2)CC1. The van der Waals surface area contributed by atoms with Crippen LogP contribution in [0.3, 0.4) is 0 Å². The van der Waals surface area contributed by atoms with Gasteiger partial charge in [0.2, 0.25) is 5.91 Å². The lowest BCUT2D eigenvalue weighted by molar-refractivity contribution is -0.139. The summed E-state index contributed by atoms with van der Waals surface area (Å²) in [5.41, 5.74) is 1.53. The third-order valence-corrected chi connectivity index (χ3v) is 4.56. The van der Waals surface area contributed by atoms with Crippen LogP contribution in [0.5, 0.6) is 5.75 Å². The molecule has 1 aromatic heterocycles. The number of piperidine rings is 1. The van der Waals surface area contributed by atoms with Gasteiger partial charge < -0.3 is 20.1 Å². The minimum atomic E-state index is -1.03. The Morgan fingerprint density at radius 1 is 1.30 bits per heavy atom. The molecule has 8 heteroatoms. The second-order valence-corrected chi connectivity index (χ2v) is 6.47. The van der Waals surface area contributed by atoms with Crippen LogP contribution < -0.4 is 15.0 Å². The van der Waals surface area contributed by atoms with Gasteiger partial charge in [0.1, 0.15) is 11.6 Å². The fourth-order valence-electron chi connectivity index (χ4n) is 3.07. The summed E-state index contributed by atoms with van der Waals surface area (Å²) in [5, 5.41) is 11.6. The molecule has 0 unspecified atom stereocenters. The fourth-order valence-corrected chi connectivity index (χ4v) is 3.07.